The molecule has 1 aromatic heterocycles. The van der Waals surface area contributed by atoms with E-state index in [1.54, 1.807) is 0 Å². The van der Waals surface area contributed by atoms with Gasteiger partial charge in [-0.1, -0.05) is 41.1 Å². The standard InChI is InChI=1S/C15H17ClN2O2/c1-11-3-2-4-15(17-11)20-10-13-7-5-12(6-8-13)9-14(16)18-19/h2-5,7-8,12,19H,6,9-10H2,1H3/b18-14-. The Labute approximate surface area is 123 Å². The minimum Gasteiger partial charge on any atom is -0.473 e. The van der Waals surface area contributed by atoms with E-state index in [0.29, 0.717) is 18.9 Å². The zero-order valence-corrected chi connectivity index (χ0v) is 12.0. The average Bonchev–Trinajstić information content (AvgIpc) is 2.46. The molecule has 0 spiro atoms. The summed E-state index contributed by atoms with van der Waals surface area (Å²) in [4.78, 5) is 4.29. The molecule has 5 heteroatoms. The van der Waals surface area contributed by atoms with Crippen LogP contribution in [0.15, 0.2) is 47.2 Å². The number of halogens is 1. The van der Waals surface area contributed by atoms with Gasteiger partial charge in [0.05, 0.1) is 0 Å². The van der Waals surface area contributed by atoms with Gasteiger partial charge in [0.1, 0.15) is 11.8 Å². The Morgan fingerprint density at radius 3 is 3.05 bits per heavy atom. The largest absolute Gasteiger partial charge is 0.473 e. The van der Waals surface area contributed by atoms with E-state index < -0.39 is 0 Å². The smallest absolute Gasteiger partial charge is 0.213 e. The molecule has 1 atom stereocenters. The quantitative estimate of drug-likeness (QED) is 0.511. The molecule has 0 saturated heterocycles. The van der Waals surface area contributed by atoms with Crippen LogP contribution in [-0.2, 0) is 0 Å². The number of oxime groups is 1. The fourth-order valence-corrected chi connectivity index (χ4v) is 2.18. The van der Waals surface area contributed by atoms with Crippen molar-refractivity contribution < 1.29 is 9.94 Å². The van der Waals surface area contributed by atoms with E-state index in [1.165, 1.54) is 0 Å². The van der Waals surface area contributed by atoms with E-state index in [9.17, 15) is 0 Å². The molecule has 1 heterocycles. The van der Waals surface area contributed by atoms with Crippen molar-refractivity contribution in [2.24, 2.45) is 11.1 Å². The van der Waals surface area contributed by atoms with Crippen LogP contribution in [0.2, 0.25) is 0 Å². The van der Waals surface area contributed by atoms with Crippen LogP contribution in [0, 0.1) is 12.8 Å². The maximum atomic E-state index is 8.54. The van der Waals surface area contributed by atoms with Gasteiger partial charge in [0.15, 0.2) is 0 Å². The van der Waals surface area contributed by atoms with Gasteiger partial charge in [0, 0.05) is 18.2 Å². The molecule has 0 saturated carbocycles. The van der Waals surface area contributed by atoms with Crippen LogP contribution in [0.4, 0.5) is 0 Å². The lowest BCUT2D eigenvalue weighted by Gasteiger charge is -2.15. The van der Waals surface area contributed by atoms with Gasteiger partial charge in [-0.2, -0.15) is 0 Å². The average molecular weight is 293 g/mol. The molecule has 0 bridgehead atoms. The van der Waals surface area contributed by atoms with Crippen LogP contribution in [0.3, 0.4) is 0 Å². The van der Waals surface area contributed by atoms with Crippen LogP contribution in [0.5, 0.6) is 5.88 Å². The highest BCUT2D eigenvalue weighted by molar-refractivity contribution is 6.65. The Kier molecular flexibility index (Phi) is 5.18. The minimum absolute atomic E-state index is 0.233. The first kappa shape index (κ1) is 14.6. The van der Waals surface area contributed by atoms with Gasteiger partial charge in [-0.25, -0.2) is 4.98 Å². The normalized spacial score (nSPS) is 18.8. The monoisotopic (exact) mass is 292 g/mol. The lowest BCUT2D eigenvalue weighted by Crippen LogP contribution is -2.08. The third kappa shape index (κ3) is 4.38. The van der Waals surface area contributed by atoms with Gasteiger partial charge >= 0.3 is 0 Å². The van der Waals surface area contributed by atoms with Crippen molar-refractivity contribution in [2.75, 3.05) is 6.61 Å². The fraction of sp³-hybridized carbons (Fsp3) is 0.333. The van der Waals surface area contributed by atoms with Gasteiger partial charge in [-0.05, 0) is 30.9 Å². The van der Waals surface area contributed by atoms with E-state index in [2.05, 4.69) is 22.3 Å². The van der Waals surface area contributed by atoms with Crippen LogP contribution in [0.1, 0.15) is 18.5 Å². The molecule has 20 heavy (non-hydrogen) atoms. The van der Waals surface area contributed by atoms with Crippen molar-refractivity contribution in [3.05, 3.63) is 47.7 Å². The van der Waals surface area contributed by atoms with Gasteiger partial charge in [0.25, 0.3) is 0 Å². The van der Waals surface area contributed by atoms with Crippen molar-refractivity contribution in [2.45, 2.75) is 19.8 Å². The second kappa shape index (κ2) is 7.10. The highest BCUT2D eigenvalue weighted by Crippen LogP contribution is 2.21. The van der Waals surface area contributed by atoms with Crippen LogP contribution in [0.25, 0.3) is 0 Å². The van der Waals surface area contributed by atoms with Crippen LogP contribution >= 0.6 is 11.6 Å². The second-order valence-corrected chi connectivity index (χ2v) is 5.16. The van der Waals surface area contributed by atoms with Gasteiger partial charge in [0.2, 0.25) is 5.88 Å². The molecule has 1 aliphatic rings. The molecule has 2 rings (SSSR count). The first-order chi connectivity index (χ1) is 9.67. The zero-order valence-electron chi connectivity index (χ0n) is 11.3. The van der Waals surface area contributed by atoms with Gasteiger partial charge < -0.3 is 9.94 Å². The van der Waals surface area contributed by atoms with E-state index >= 15 is 0 Å². The Bertz CT molecular complexity index is 553. The predicted molar refractivity (Wildman–Crippen MR) is 79.5 cm³/mol. The first-order valence-electron chi connectivity index (χ1n) is 6.47. The van der Waals surface area contributed by atoms with E-state index in [1.807, 2.05) is 31.2 Å². The lowest BCUT2D eigenvalue weighted by atomic mass is 9.94. The Balaban J connectivity index is 1.83. The number of hydrogen-bond acceptors (Lipinski definition) is 4. The number of ether oxygens (including phenoxy) is 1. The van der Waals surface area contributed by atoms with Gasteiger partial charge in [-0.3, -0.25) is 0 Å². The number of nitrogens with zero attached hydrogens (tertiary/aromatic N) is 2. The third-order valence-corrected chi connectivity index (χ3v) is 3.28. The maximum absolute atomic E-state index is 8.54. The van der Waals surface area contributed by atoms with Crippen molar-refractivity contribution in [3.63, 3.8) is 0 Å². The summed E-state index contributed by atoms with van der Waals surface area (Å²) in [6.45, 7) is 2.44. The van der Waals surface area contributed by atoms with E-state index in [-0.39, 0.29) is 11.1 Å². The molecule has 4 nitrogen and oxygen atoms in total. The van der Waals surface area contributed by atoms with E-state index in [4.69, 9.17) is 21.5 Å². The number of hydrogen-bond donors (Lipinski definition) is 1. The predicted octanol–water partition coefficient (Wildman–Crippen LogP) is 3.69. The Morgan fingerprint density at radius 1 is 1.55 bits per heavy atom. The lowest BCUT2D eigenvalue weighted by molar-refractivity contribution is 0.318. The molecule has 1 N–H and O–H groups in total. The summed E-state index contributed by atoms with van der Waals surface area (Å²) in [7, 11) is 0. The molecule has 0 amide bonds. The SMILES string of the molecule is Cc1cccc(OCC2=CCC(C/C(Cl)=N/O)C=C2)n1. The summed E-state index contributed by atoms with van der Waals surface area (Å²) in [6.07, 6.45) is 7.62. The Hall–Kier alpha value is -1.81. The highest BCUT2D eigenvalue weighted by Gasteiger charge is 2.11. The number of aryl methyl sites for hydroxylation is 1. The number of aromatic nitrogens is 1. The van der Waals surface area contributed by atoms with Crippen molar-refractivity contribution in [1.82, 2.24) is 4.98 Å². The highest BCUT2D eigenvalue weighted by atomic mass is 35.5. The van der Waals surface area contributed by atoms with Crippen molar-refractivity contribution in [1.29, 1.82) is 0 Å². The summed E-state index contributed by atoms with van der Waals surface area (Å²) in [5.41, 5.74) is 2.05. The Morgan fingerprint density at radius 2 is 2.40 bits per heavy atom. The van der Waals surface area contributed by atoms with E-state index in [0.717, 1.165) is 17.7 Å². The molecule has 0 aromatic carbocycles. The maximum Gasteiger partial charge on any atom is 0.213 e. The van der Waals surface area contributed by atoms with Crippen molar-refractivity contribution >= 4 is 16.8 Å². The summed E-state index contributed by atoms with van der Waals surface area (Å²) in [6, 6.07) is 5.71. The third-order valence-electron chi connectivity index (χ3n) is 3.05. The molecule has 1 unspecified atom stereocenters. The zero-order chi connectivity index (χ0) is 14.4. The molecule has 1 aromatic rings. The molecule has 0 fully saturated rings. The number of allylic oxidation sites excluding steroid dienone is 2. The molecular weight excluding hydrogens is 276 g/mol. The number of rotatable bonds is 5. The molecule has 106 valence electrons. The fourth-order valence-electron chi connectivity index (χ4n) is 1.98. The van der Waals surface area contributed by atoms with Gasteiger partial charge in [-0.15, -0.1) is 0 Å². The van der Waals surface area contributed by atoms with Crippen LogP contribution in [-0.4, -0.2) is 22.0 Å². The van der Waals surface area contributed by atoms with Crippen molar-refractivity contribution in [3.8, 4) is 5.88 Å². The molecular formula is C15H17ClN2O2. The minimum atomic E-state index is 0.233. The summed E-state index contributed by atoms with van der Waals surface area (Å²) < 4.78 is 5.64. The van der Waals surface area contributed by atoms with Crippen LogP contribution < -0.4 is 4.74 Å². The molecule has 0 radical (unpaired) electrons. The summed E-state index contributed by atoms with van der Waals surface area (Å²) in [5.74, 6) is 0.913. The summed E-state index contributed by atoms with van der Waals surface area (Å²) >= 11 is 5.70. The number of pyridine rings is 1. The summed E-state index contributed by atoms with van der Waals surface area (Å²) in [5, 5.41) is 11.8. The topological polar surface area (TPSA) is 54.7 Å². The molecule has 1 aliphatic carbocycles. The second-order valence-electron chi connectivity index (χ2n) is 4.72. The first-order valence-corrected chi connectivity index (χ1v) is 6.85. The molecule has 0 aliphatic heterocycles.